The van der Waals surface area contributed by atoms with Crippen molar-refractivity contribution in [2.24, 2.45) is 0 Å². The van der Waals surface area contributed by atoms with E-state index >= 15 is 4.39 Å². The molecule has 2 aromatic heterocycles. The molecular weight excluding hydrogens is 643 g/mol. The van der Waals surface area contributed by atoms with Crippen LogP contribution in [-0.2, 0) is 9.47 Å². The molecule has 0 saturated carbocycles. The fraction of sp³-hybridized carbons (Fsp3) is 0.441. The second kappa shape index (κ2) is 13.8. The first-order valence-corrected chi connectivity index (χ1v) is 16.1. The number of benzene rings is 1. The largest absolute Gasteiger partial charge is 0.486 e. The number of rotatable bonds is 5. The molecule has 1 fully saturated rings. The first-order chi connectivity index (χ1) is 22.6. The number of hydrogen-bond acceptors (Lipinski definition) is 9. The van der Waals surface area contributed by atoms with Gasteiger partial charge in [-0.05, 0) is 84.7 Å². The number of hydrogen-bond donors (Lipinski definition) is 2. The summed E-state index contributed by atoms with van der Waals surface area (Å²) in [5, 5.41) is 6.59. The van der Waals surface area contributed by atoms with Gasteiger partial charge in [-0.1, -0.05) is 11.6 Å². The number of carbonyl (C=O) groups excluding carboxylic acids is 3. The lowest BCUT2D eigenvalue weighted by Gasteiger charge is -2.33. The number of halogens is 2. The van der Waals surface area contributed by atoms with Gasteiger partial charge < -0.3 is 29.7 Å². The van der Waals surface area contributed by atoms with Crippen LogP contribution < -0.4 is 20.3 Å². The van der Waals surface area contributed by atoms with Crippen LogP contribution in [0.4, 0.5) is 31.2 Å². The average molecular weight is 683 g/mol. The van der Waals surface area contributed by atoms with Gasteiger partial charge in [0, 0.05) is 42.1 Å². The minimum absolute atomic E-state index is 0.105. The lowest BCUT2D eigenvalue weighted by atomic mass is 10.0. The van der Waals surface area contributed by atoms with Crippen LogP contribution in [0.5, 0.6) is 5.75 Å². The summed E-state index contributed by atoms with van der Waals surface area (Å²) < 4.78 is 32.2. The number of amides is 3. The molecule has 3 aromatic rings. The standard InChI is InChI=1S/C34H40ClFN6O6/c1-33(2,3)47-31(44)41-13-10-21(11-14-41)38-30(43)23-19-37-12-9-25(23)39-27-18-26(22-17-20(35)7-8-24(22)36)40-29-28(27)46-16-15-42(29)32(45)48-34(4,5)6/h7-9,12,17-19,21H,10-11,13-16H2,1-6H3,(H,38,43)(H,37,39,40). The Hall–Kier alpha value is -4.65. The predicted octanol–water partition coefficient (Wildman–Crippen LogP) is 6.94. The maximum atomic E-state index is 15.1. The predicted molar refractivity (Wildman–Crippen MR) is 180 cm³/mol. The van der Waals surface area contributed by atoms with E-state index in [2.05, 4.69) is 20.6 Å². The fourth-order valence-electron chi connectivity index (χ4n) is 5.23. The molecule has 14 heteroatoms. The number of likely N-dealkylation sites (tertiary alicyclic amines) is 1. The summed E-state index contributed by atoms with van der Waals surface area (Å²) in [5.74, 6) is -0.607. The fourth-order valence-corrected chi connectivity index (χ4v) is 5.41. The van der Waals surface area contributed by atoms with Crippen LogP contribution in [0.2, 0.25) is 5.02 Å². The zero-order valence-electron chi connectivity index (χ0n) is 27.9. The molecule has 0 spiro atoms. The monoisotopic (exact) mass is 682 g/mol. The van der Waals surface area contributed by atoms with E-state index in [-0.39, 0.29) is 59.6 Å². The van der Waals surface area contributed by atoms with Gasteiger partial charge in [0.1, 0.15) is 23.6 Å². The second-order valence-electron chi connectivity index (χ2n) is 13.6. The minimum Gasteiger partial charge on any atom is -0.486 e. The van der Waals surface area contributed by atoms with Crippen LogP contribution in [0.15, 0.2) is 42.7 Å². The molecule has 0 unspecified atom stereocenters. The summed E-state index contributed by atoms with van der Waals surface area (Å²) in [6.07, 6.45) is 3.04. The van der Waals surface area contributed by atoms with Crippen LogP contribution in [0.1, 0.15) is 64.7 Å². The Kier molecular flexibility index (Phi) is 9.99. The Labute approximate surface area is 283 Å². The van der Waals surface area contributed by atoms with E-state index in [4.69, 9.17) is 25.8 Å². The van der Waals surface area contributed by atoms with E-state index in [1.807, 2.05) is 20.8 Å². The van der Waals surface area contributed by atoms with Gasteiger partial charge in [0.25, 0.3) is 5.91 Å². The van der Waals surface area contributed by atoms with Gasteiger partial charge in [-0.15, -0.1) is 0 Å². The van der Waals surface area contributed by atoms with Gasteiger partial charge in [0.05, 0.1) is 29.2 Å². The average Bonchev–Trinajstić information content (AvgIpc) is 3.00. The molecule has 0 radical (unpaired) electrons. The van der Waals surface area contributed by atoms with Gasteiger partial charge in [-0.3, -0.25) is 14.7 Å². The van der Waals surface area contributed by atoms with Crippen molar-refractivity contribution < 1.29 is 33.0 Å². The zero-order chi connectivity index (χ0) is 34.8. The number of carbonyl (C=O) groups is 3. The molecule has 1 aromatic carbocycles. The number of anilines is 3. The third-order valence-electron chi connectivity index (χ3n) is 7.41. The summed E-state index contributed by atoms with van der Waals surface area (Å²) in [5.41, 5.74) is -0.138. The number of pyridine rings is 2. The molecule has 48 heavy (non-hydrogen) atoms. The van der Waals surface area contributed by atoms with Gasteiger partial charge in [0.15, 0.2) is 11.6 Å². The Balaban J connectivity index is 1.43. The molecule has 1 saturated heterocycles. The van der Waals surface area contributed by atoms with Crippen molar-refractivity contribution in [3.05, 3.63) is 59.1 Å². The van der Waals surface area contributed by atoms with Gasteiger partial charge in [0.2, 0.25) is 0 Å². The number of piperidine rings is 1. The van der Waals surface area contributed by atoms with Gasteiger partial charge in [-0.25, -0.2) is 19.0 Å². The molecule has 4 heterocycles. The normalized spacial score (nSPS) is 15.2. The third kappa shape index (κ3) is 8.43. The van der Waals surface area contributed by atoms with Crippen molar-refractivity contribution >= 4 is 46.9 Å². The Bertz CT molecular complexity index is 1700. The van der Waals surface area contributed by atoms with Crippen LogP contribution in [-0.4, -0.2) is 76.4 Å². The van der Waals surface area contributed by atoms with Crippen LogP contribution in [0.25, 0.3) is 11.3 Å². The summed E-state index contributed by atoms with van der Waals surface area (Å²) in [6, 6.07) is 7.12. The molecule has 5 rings (SSSR count). The Morgan fingerprint density at radius 2 is 1.65 bits per heavy atom. The van der Waals surface area contributed by atoms with Crippen molar-refractivity contribution in [3.63, 3.8) is 0 Å². The molecule has 0 atom stereocenters. The van der Waals surface area contributed by atoms with Crippen molar-refractivity contribution in [2.75, 3.05) is 36.5 Å². The lowest BCUT2D eigenvalue weighted by molar-refractivity contribution is 0.0199. The second-order valence-corrected chi connectivity index (χ2v) is 14.0. The quantitative estimate of drug-likeness (QED) is 0.293. The molecule has 2 aliphatic heterocycles. The first kappa shape index (κ1) is 34.7. The van der Waals surface area contributed by atoms with Gasteiger partial charge in [-0.2, -0.15) is 0 Å². The van der Waals surface area contributed by atoms with Crippen LogP contribution in [0.3, 0.4) is 0 Å². The Morgan fingerprint density at radius 3 is 2.33 bits per heavy atom. The van der Waals surface area contributed by atoms with E-state index in [9.17, 15) is 14.4 Å². The number of nitrogens with zero attached hydrogens (tertiary/aromatic N) is 4. The topological polar surface area (TPSA) is 135 Å². The van der Waals surface area contributed by atoms with E-state index in [1.54, 1.807) is 37.8 Å². The summed E-state index contributed by atoms with van der Waals surface area (Å²) in [4.78, 5) is 51.1. The summed E-state index contributed by atoms with van der Waals surface area (Å²) in [7, 11) is 0. The highest BCUT2D eigenvalue weighted by Crippen LogP contribution is 2.42. The number of fused-ring (bicyclic) bond motifs is 1. The zero-order valence-corrected chi connectivity index (χ0v) is 28.6. The highest BCUT2D eigenvalue weighted by atomic mass is 35.5. The number of ether oxygens (including phenoxy) is 3. The first-order valence-electron chi connectivity index (χ1n) is 15.7. The summed E-state index contributed by atoms with van der Waals surface area (Å²) in [6.45, 7) is 11.9. The number of aromatic nitrogens is 2. The lowest BCUT2D eigenvalue weighted by Crippen LogP contribution is -2.47. The third-order valence-corrected chi connectivity index (χ3v) is 7.64. The number of nitrogens with one attached hydrogen (secondary N) is 2. The molecule has 3 amide bonds. The van der Waals surface area contributed by atoms with Crippen molar-refractivity contribution in [3.8, 4) is 17.0 Å². The Morgan fingerprint density at radius 1 is 0.958 bits per heavy atom. The smallest absolute Gasteiger partial charge is 0.416 e. The van der Waals surface area contributed by atoms with E-state index in [1.165, 1.54) is 35.5 Å². The molecule has 12 nitrogen and oxygen atoms in total. The molecule has 0 aliphatic carbocycles. The maximum absolute atomic E-state index is 15.1. The SMILES string of the molecule is CC(C)(C)OC(=O)N1CCC(NC(=O)c2cnccc2Nc2cc(-c3cc(Cl)ccc3F)nc3c2OCCN3C(=O)OC(C)(C)C)CC1. The highest BCUT2D eigenvalue weighted by Gasteiger charge is 2.33. The van der Waals surface area contributed by atoms with Gasteiger partial charge >= 0.3 is 12.2 Å². The molecular formula is C34H40ClFN6O6. The highest BCUT2D eigenvalue weighted by molar-refractivity contribution is 6.30. The van der Waals surface area contributed by atoms with Crippen LogP contribution in [0, 0.1) is 5.82 Å². The van der Waals surface area contributed by atoms with E-state index < -0.39 is 23.1 Å². The molecule has 0 bridgehead atoms. The van der Waals surface area contributed by atoms with Crippen LogP contribution >= 0.6 is 11.6 Å². The maximum Gasteiger partial charge on any atom is 0.416 e. The van der Waals surface area contributed by atoms with E-state index in [0.29, 0.717) is 42.3 Å². The van der Waals surface area contributed by atoms with E-state index in [0.717, 1.165) is 0 Å². The minimum atomic E-state index is -0.779. The van der Waals surface area contributed by atoms with Crippen molar-refractivity contribution in [1.29, 1.82) is 0 Å². The molecule has 2 aliphatic rings. The van der Waals surface area contributed by atoms with Crippen molar-refractivity contribution in [2.45, 2.75) is 71.6 Å². The molecule has 256 valence electrons. The summed E-state index contributed by atoms with van der Waals surface area (Å²) >= 11 is 6.22. The van der Waals surface area contributed by atoms with Crippen molar-refractivity contribution in [1.82, 2.24) is 20.2 Å². The molecule has 2 N–H and O–H groups in total.